The number of nitrogens with one attached hydrogen (secondary N) is 2. The Bertz CT molecular complexity index is 847. The molecule has 24 heavy (non-hydrogen) atoms. The van der Waals surface area contributed by atoms with E-state index < -0.39 is 0 Å². The van der Waals surface area contributed by atoms with Crippen molar-refractivity contribution < 1.29 is 4.79 Å². The van der Waals surface area contributed by atoms with Crippen LogP contribution in [0.15, 0.2) is 41.7 Å². The van der Waals surface area contributed by atoms with Gasteiger partial charge in [-0.1, -0.05) is 36.4 Å². The van der Waals surface area contributed by atoms with Crippen molar-refractivity contribution in [2.24, 2.45) is 0 Å². The minimum atomic E-state index is -0.260. The predicted octanol–water partition coefficient (Wildman–Crippen LogP) is 4.43. The Morgan fingerprint density at radius 1 is 1.42 bits per heavy atom. The van der Waals surface area contributed by atoms with Crippen LogP contribution in [0, 0.1) is 6.92 Å². The van der Waals surface area contributed by atoms with Crippen LogP contribution < -0.4 is 5.32 Å². The van der Waals surface area contributed by atoms with E-state index in [0.29, 0.717) is 22.2 Å². The van der Waals surface area contributed by atoms with Gasteiger partial charge in [0.2, 0.25) is 5.91 Å². The smallest absolute Gasteiger partial charge is 0.237 e. The summed E-state index contributed by atoms with van der Waals surface area (Å²) in [6.45, 7) is 3.91. The van der Waals surface area contributed by atoms with Gasteiger partial charge in [-0.3, -0.25) is 4.79 Å². The molecular weight excluding hydrogens is 344 g/mol. The SMILES string of the molecule is CC[C@H](Sc1nc2ncccc2[nH]1)C(=O)Nc1cc(Cl)ccc1C. The maximum atomic E-state index is 12.6. The van der Waals surface area contributed by atoms with Crippen molar-refractivity contribution in [3.8, 4) is 0 Å². The summed E-state index contributed by atoms with van der Waals surface area (Å²) in [7, 11) is 0. The molecule has 1 atom stereocenters. The molecule has 0 aliphatic heterocycles. The lowest BCUT2D eigenvalue weighted by atomic mass is 10.2. The summed E-state index contributed by atoms with van der Waals surface area (Å²) in [6, 6.07) is 9.21. The van der Waals surface area contributed by atoms with Crippen LogP contribution in [0.5, 0.6) is 0 Å². The number of carbonyl (C=O) groups is 1. The number of aromatic amines is 1. The van der Waals surface area contributed by atoms with Crippen LogP contribution in [-0.4, -0.2) is 26.1 Å². The minimum absolute atomic E-state index is 0.0683. The van der Waals surface area contributed by atoms with Crippen LogP contribution >= 0.6 is 23.4 Å². The standard InChI is InChI=1S/C17H17ClN4OS/c1-3-14(16(23)20-13-9-11(18)7-6-10(13)2)24-17-21-12-5-4-8-19-15(12)22-17/h4-9,14H,3H2,1-2H3,(H,20,23)(H,19,21,22)/t14-/m0/s1. The molecule has 0 saturated carbocycles. The lowest BCUT2D eigenvalue weighted by Gasteiger charge is -2.15. The maximum absolute atomic E-state index is 12.6. The van der Waals surface area contributed by atoms with Crippen LogP contribution in [0.2, 0.25) is 5.02 Å². The number of anilines is 1. The Balaban J connectivity index is 1.75. The summed E-state index contributed by atoms with van der Waals surface area (Å²) >= 11 is 7.41. The third-order valence-electron chi connectivity index (χ3n) is 3.61. The highest BCUT2D eigenvalue weighted by Crippen LogP contribution is 2.27. The van der Waals surface area contributed by atoms with Gasteiger partial charge in [0.05, 0.1) is 10.8 Å². The van der Waals surface area contributed by atoms with Gasteiger partial charge >= 0.3 is 0 Å². The van der Waals surface area contributed by atoms with Crippen molar-refractivity contribution in [3.63, 3.8) is 0 Å². The van der Waals surface area contributed by atoms with Crippen LogP contribution in [0.25, 0.3) is 11.2 Å². The molecule has 2 N–H and O–H groups in total. The molecule has 0 saturated heterocycles. The van der Waals surface area contributed by atoms with Crippen molar-refractivity contribution in [1.82, 2.24) is 15.0 Å². The summed E-state index contributed by atoms with van der Waals surface area (Å²) in [5, 5.41) is 3.98. The van der Waals surface area contributed by atoms with E-state index >= 15 is 0 Å². The summed E-state index contributed by atoms with van der Waals surface area (Å²) in [5.41, 5.74) is 3.22. The Labute approximate surface area is 149 Å². The molecule has 1 amide bonds. The highest BCUT2D eigenvalue weighted by Gasteiger charge is 2.20. The summed E-state index contributed by atoms with van der Waals surface area (Å²) in [5.74, 6) is -0.0683. The van der Waals surface area contributed by atoms with Gasteiger partial charge in [-0.05, 0) is 43.2 Å². The number of aryl methyl sites for hydroxylation is 1. The lowest BCUT2D eigenvalue weighted by molar-refractivity contribution is -0.115. The summed E-state index contributed by atoms with van der Waals surface area (Å²) in [6.07, 6.45) is 2.38. The van der Waals surface area contributed by atoms with Gasteiger partial charge in [0.25, 0.3) is 0 Å². The number of nitrogens with zero attached hydrogens (tertiary/aromatic N) is 2. The molecule has 0 fully saturated rings. The molecule has 7 heteroatoms. The molecule has 0 aliphatic carbocycles. The molecule has 124 valence electrons. The van der Waals surface area contributed by atoms with Crippen molar-refractivity contribution in [2.45, 2.75) is 30.7 Å². The number of pyridine rings is 1. The van der Waals surface area contributed by atoms with E-state index in [0.717, 1.165) is 16.8 Å². The second-order valence-electron chi connectivity index (χ2n) is 5.38. The largest absolute Gasteiger partial charge is 0.332 e. The first-order valence-corrected chi connectivity index (χ1v) is 8.87. The predicted molar refractivity (Wildman–Crippen MR) is 98.6 cm³/mol. The third-order valence-corrected chi connectivity index (χ3v) is 5.09. The molecule has 0 bridgehead atoms. The highest BCUT2D eigenvalue weighted by atomic mass is 35.5. The number of amides is 1. The van der Waals surface area contributed by atoms with Crippen molar-refractivity contribution >= 4 is 46.1 Å². The van der Waals surface area contributed by atoms with E-state index in [9.17, 15) is 4.79 Å². The number of H-pyrrole nitrogens is 1. The summed E-state index contributed by atoms with van der Waals surface area (Å²) < 4.78 is 0. The molecule has 2 aromatic heterocycles. The third kappa shape index (κ3) is 3.71. The quantitative estimate of drug-likeness (QED) is 0.660. The first kappa shape index (κ1) is 16.8. The zero-order valence-electron chi connectivity index (χ0n) is 13.3. The summed E-state index contributed by atoms with van der Waals surface area (Å²) in [4.78, 5) is 24.4. The van der Waals surface area contributed by atoms with E-state index in [4.69, 9.17) is 11.6 Å². The average molecular weight is 361 g/mol. The topological polar surface area (TPSA) is 70.7 Å². The van der Waals surface area contributed by atoms with Crippen LogP contribution in [0.4, 0.5) is 5.69 Å². The Morgan fingerprint density at radius 2 is 2.25 bits per heavy atom. The number of imidazole rings is 1. The number of carbonyl (C=O) groups excluding carboxylic acids is 1. The molecule has 2 heterocycles. The number of aromatic nitrogens is 3. The monoisotopic (exact) mass is 360 g/mol. The van der Waals surface area contributed by atoms with Crippen LogP contribution in [0.3, 0.4) is 0 Å². The first-order valence-electron chi connectivity index (χ1n) is 7.61. The minimum Gasteiger partial charge on any atom is -0.332 e. The number of hydrogen-bond acceptors (Lipinski definition) is 4. The fraction of sp³-hybridized carbons (Fsp3) is 0.235. The van der Waals surface area contributed by atoms with Gasteiger partial charge in [0.15, 0.2) is 10.8 Å². The normalized spacial score (nSPS) is 12.3. The van der Waals surface area contributed by atoms with Gasteiger partial charge in [0.1, 0.15) is 0 Å². The molecule has 0 aliphatic rings. The Hall–Kier alpha value is -2.05. The van der Waals surface area contributed by atoms with Crippen LogP contribution in [0.1, 0.15) is 18.9 Å². The number of thioether (sulfide) groups is 1. The van der Waals surface area contributed by atoms with E-state index in [2.05, 4.69) is 20.3 Å². The molecule has 3 rings (SSSR count). The fourth-order valence-electron chi connectivity index (χ4n) is 2.28. The van der Waals surface area contributed by atoms with Crippen molar-refractivity contribution in [3.05, 3.63) is 47.1 Å². The average Bonchev–Trinajstić information content (AvgIpc) is 2.98. The van der Waals surface area contributed by atoms with Gasteiger partial charge < -0.3 is 10.3 Å². The molecule has 0 radical (unpaired) electrons. The van der Waals surface area contributed by atoms with E-state index in [1.807, 2.05) is 32.0 Å². The zero-order valence-corrected chi connectivity index (χ0v) is 14.9. The first-order chi connectivity index (χ1) is 11.6. The molecular formula is C17H17ClN4OS. The van der Waals surface area contributed by atoms with Crippen molar-refractivity contribution in [1.29, 1.82) is 0 Å². The maximum Gasteiger partial charge on any atom is 0.237 e. The van der Waals surface area contributed by atoms with E-state index in [1.54, 1.807) is 18.3 Å². The van der Waals surface area contributed by atoms with E-state index in [1.165, 1.54) is 11.8 Å². The number of benzene rings is 1. The number of rotatable bonds is 5. The van der Waals surface area contributed by atoms with Gasteiger partial charge in [-0.25, -0.2) is 9.97 Å². The number of fused-ring (bicyclic) bond motifs is 1. The highest BCUT2D eigenvalue weighted by molar-refractivity contribution is 8.00. The Morgan fingerprint density at radius 3 is 3.00 bits per heavy atom. The Kier molecular flexibility index (Phi) is 5.06. The van der Waals surface area contributed by atoms with Gasteiger partial charge in [-0.2, -0.15) is 0 Å². The zero-order chi connectivity index (χ0) is 17.1. The molecule has 5 nitrogen and oxygen atoms in total. The fourth-order valence-corrected chi connectivity index (χ4v) is 3.36. The second kappa shape index (κ2) is 7.23. The second-order valence-corrected chi connectivity index (χ2v) is 7.01. The number of hydrogen-bond donors (Lipinski definition) is 2. The lowest BCUT2D eigenvalue weighted by Crippen LogP contribution is -2.25. The van der Waals surface area contributed by atoms with Crippen molar-refractivity contribution in [2.75, 3.05) is 5.32 Å². The molecule has 0 spiro atoms. The van der Waals surface area contributed by atoms with Crippen LogP contribution in [-0.2, 0) is 4.79 Å². The van der Waals surface area contributed by atoms with E-state index in [-0.39, 0.29) is 11.2 Å². The molecule has 1 aromatic carbocycles. The number of halogens is 1. The molecule has 3 aromatic rings. The van der Waals surface area contributed by atoms with Gasteiger partial charge in [0, 0.05) is 16.9 Å². The van der Waals surface area contributed by atoms with Gasteiger partial charge in [-0.15, -0.1) is 0 Å². The molecule has 0 unspecified atom stereocenters.